The van der Waals surface area contributed by atoms with Gasteiger partial charge in [0.05, 0.1) is 0 Å². The molecule has 27 heavy (non-hydrogen) atoms. The Morgan fingerprint density at radius 3 is 2.30 bits per heavy atom. The predicted octanol–water partition coefficient (Wildman–Crippen LogP) is 2.72. The van der Waals surface area contributed by atoms with Gasteiger partial charge in [0.25, 0.3) is 0 Å². The molecule has 0 aliphatic carbocycles. The van der Waals surface area contributed by atoms with Gasteiger partial charge < -0.3 is 10.2 Å². The lowest BCUT2D eigenvalue weighted by Crippen LogP contribution is -2.54. The lowest BCUT2D eigenvalue weighted by atomic mass is 9.94. The van der Waals surface area contributed by atoms with Crippen LogP contribution in [0.2, 0.25) is 0 Å². The minimum Gasteiger partial charge on any atom is -0.396 e. The van der Waals surface area contributed by atoms with Gasteiger partial charge in [-0.1, -0.05) is 44.7 Å². The number of aliphatic hydroxyl groups excluding tert-OH is 1. The lowest BCUT2D eigenvalue weighted by molar-refractivity contribution is 0.0340. The van der Waals surface area contributed by atoms with Crippen LogP contribution in [-0.2, 0) is 6.54 Å². The Morgan fingerprint density at radius 2 is 1.74 bits per heavy atom. The zero-order valence-electron chi connectivity index (χ0n) is 17.6. The maximum atomic E-state index is 9.71. The van der Waals surface area contributed by atoms with Gasteiger partial charge in [-0.2, -0.15) is 0 Å². The summed E-state index contributed by atoms with van der Waals surface area (Å²) in [6.45, 7) is 15.5. The third-order valence-corrected chi connectivity index (χ3v) is 4.70. The van der Waals surface area contributed by atoms with Crippen LogP contribution < -0.4 is 0 Å². The van der Waals surface area contributed by atoms with Gasteiger partial charge in [0.2, 0.25) is 0 Å². The molecular weight excluding hydrogens is 336 g/mol. The number of aliphatic hydroxyl groups is 2. The second kappa shape index (κ2) is 9.21. The lowest BCUT2D eigenvalue weighted by Gasteiger charge is -2.44. The van der Waals surface area contributed by atoms with Crippen molar-refractivity contribution in [1.29, 1.82) is 0 Å². The fourth-order valence-electron chi connectivity index (χ4n) is 3.52. The van der Waals surface area contributed by atoms with E-state index >= 15 is 0 Å². The molecule has 2 rings (SSSR count). The molecule has 0 spiro atoms. The van der Waals surface area contributed by atoms with E-state index in [-0.39, 0.29) is 12.0 Å². The van der Waals surface area contributed by atoms with Crippen LogP contribution in [-0.4, -0.2) is 64.4 Å². The molecule has 1 saturated heterocycles. The van der Waals surface area contributed by atoms with Crippen molar-refractivity contribution in [2.24, 2.45) is 5.41 Å². The van der Waals surface area contributed by atoms with Gasteiger partial charge in [-0.15, -0.1) is 0 Å². The molecule has 1 aromatic carbocycles. The SMILES string of the molecule is CC(C)(O)C#Cc1ccc(CN2CCN(CC(C)(C)C)C(CCO)C2)cc1. The van der Waals surface area contributed by atoms with Crippen molar-refractivity contribution >= 4 is 0 Å². The van der Waals surface area contributed by atoms with E-state index in [9.17, 15) is 10.2 Å². The Morgan fingerprint density at radius 1 is 1.07 bits per heavy atom. The molecule has 0 bridgehead atoms. The molecule has 2 N–H and O–H groups in total. The molecule has 150 valence electrons. The van der Waals surface area contributed by atoms with Crippen LogP contribution in [0.1, 0.15) is 52.2 Å². The van der Waals surface area contributed by atoms with E-state index in [4.69, 9.17) is 0 Å². The molecule has 4 nitrogen and oxygen atoms in total. The third kappa shape index (κ3) is 8.02. The van der Waals surface area contributed by atoms with E-state index in [2.05, 4.69) is 54.5 Å². The quantitative estimate of drug-likeness (QED) is 0.780. The van der Waals surface area contributed by atoms with E-state index in [1.54, 1.807) is 13.8 Å². The number of hydrogen-bond donors (Lipinski definition) is 2. The van der Waals surface area contributed by atoms with Gasteiger partial charge in [0.1, 0.15) is 5.60 Å². The number of nitrogens with zero attached hydrogens (tertiary/aromatic N) is 2. The molecule has 0 amide bonds. The van der Waals surface area contributed by atoms with Gasteiger partial charge in [-0.25, -0.2) is 0 Å². The van der Waals surface area contributed by atoms with Gasteiger partial charge in [-0.05, 0) is 43.4 Å². The van der Waals surface area contributed by atoms with E-state index in [1.807, 2.05) is 12.1 Å². The fourth-order valence-corrected chi connectivity index (χ4v) is 3.52. The van der Waals surface area contributed by atoms with Crippen molar-refractivity contribution in [1.82, 2.24) is 9.80 Å². The minimum absolute atomic E-state index is 0.244. The third-order valence-electron chi connectivity index (χ3n) is 4.70. The van der Waals surface area contributed by atoms with Crippen LogP contribution in [0.3, 0.4) is 0 Å². The summed E-state index contributed by atoms with van der Waals surface area (Å²) in [4.78, 5) is 5.03. The predicted molar refractivity (Wildman–Crippen MR) is 111 cm³/mol. The van der Waals surface area contributed by atoms with Crippen LogP contribution in [0.25, 0.3) is 0 Å². The first kappa shape index (κ1) is 21.9. The first-order valence-corrected chi connectivity index (χ1v) is 9.97. The first-order valence-electron chi connectivity index (χ1n) is 9.97. The largest absolute Gasteiger partial charge is 0.396 e. The fraction of sp³-hybridized carbons (Fsp3) is 0.652. The number of rotatable bonds is 5. The summed E-state index contributed by atoms with van der Waals surface area (Å²) in [5.41, 5.74) is 1.51. The molecule has 0 aromatic heterocycles. The first-order chi connectivity index (χ1) is 12.6. The van der Waals surface area contributed by atoms with Crippen molar-refractivity contribution in [3.63, 3.8) is 0 Å². The summed E-state index contributed by atoms with van der Waals surface area (Å²) in [5.74, 6) is 5.87. The Labute approximate surface area is 165 Å². The summed E-state index contributed by atoms with van der Waals surface area (Å²) in [5, 5.41) is 19.2. The van der Waals surface area contributed by atoms with Crippen LogP contribution in [0.15, 0.2) is 24.3 Å². The van der Waals surface area contributed by atoms with Gasteiger partial charge >= 0.3 is 0 Å². The smallest absolute Gasteiger partial charge is 0.120 e. The summed E-state index contributed by atoms with van der Waals surface area (Å²) in [6, 6.07) is 8.71. The molecule has 1 unspecified atom stereocenters. The van der Waals surface area contributed by atoms with E-state index in [1.165, 1.54) is 5.56 Å². The van der Waals surface area contributed by atoms with Crippen LogP contribution in [0.4, 0.5) is 0 Å². The van der Waals surface area contributed by atoms with Crippen molar-refractivity contribution < 1.29 is 10.2 Å². The molecule has 0 radical (unpaired) electrons. The maximum Gasteiger partial charge on any atom is 0.120 e. The Balaban J connectivity index is 1.96. The number of benzene rings is 1. The highest BCUT2D eigenvalue weighted by Gasteiger charge is 2.29. The van der Waals surface area contributed by atoms with Crippen LogP contribution in [0.5, 0.6) is 0 Å². The topological polar surface area (TPSA) is 46.9 Å². The maximum absolute atomic E-state index is 9.71. The monoisotopic (exact) mass is 372 g/mol. The highest BCUT2D eigenvalue weighted by molar-refractivity contribution is 5.37. The van der Waals surface area contributed by atoms with Crippen LogP contribution >= 0.6 is 0 Å². The van der Waals surface area contributed by atoms with E-state index < -0.39 is 5.60 Å². The van der Waals surface area contributed by atoms with Crippen molar-refractivity contribution in [2.75, 3.05) is 32.8 Å². The number of hydrogen-bond acceptors (Lipinski definition) is 4. The van der Waals surface area contributed by atoms with Crippen LogP contribution in [0, 0.1) is 17.3 Å². The highest BCUT2D eigenvalue weighted by Crippen LogP contribution is 2.22. The average Bonchev–Trinajstić information content (AvgIpc) is 2.55. The molecular formula is C23H36N2O2. The highest BCUT2D eigenvalue weighted by atomic mass is 16.3. The second-order valence-electron chi connectivity index (χ2n) is 9.44. The average molecular weight is 373 g/mol. The standard InChI is InChI=1S/C23H36N2O2/c1-22(2,3)18-25-14-13-24(17-21(25)11-15-26)16-20-8-6-19(7-9-20)10-12-23(4,5)27/h6-9,21,26-27H,11,13-18H2,1-5H3. The molecule has 0 saturated carbocycles. The van der Waals surface area contributed by atoms with E-state index in [0.717, 1.165) is 44.7 Å². The normalized spacial score (nSPS) is 19.6. The molecule has 1 fully saturated rings. The summed E-state index contributed by atoms with van der Waals surface area (Å²) in [6.07, 6.45) is 0.831. The molecule has 1 heterocycles. The summed E-state index contributed by atoms with van der Waals surface area (Å²) < 4.78 is 0. The summed E-state index contributed by atoms with van der Waals surface area (Å²) >= 11 is 0. The Kier molecular flexibility index (Phi) is 7.47. The van der Waals surface area contributed by atoms with E-state index in [0.29, 0.717) is 6.04 Å². The van der Waals surface area contributed by atoms with Crippen molar-refractivity contribution in [2.45, 2.75) is 59.2 Å². The van der Waals surface area contributed by atoms with Crippen molar-refractivity contribution in [3.8, 4) is 11.8 Å². The zero-order valence-corrected chi connectivity index (χ0v) is 17.6. The molecule has 1 aliphatic heterocycles. The zero-order chi connectivity index (χ0) is 20.1. The Hall–Kier alpha value is -1.38. The molecule has 1 aromatic rings. The molecule has 4 heteroatoms. The molecule has 1 aliphatic rings. The van der Waals surface area contributed by atoms with Gasteiger partial charge in [0.15, 0.2) is 0 Å². The second-order valence-corrected chi connectivity index (χ2v) is 9.44. The van der Waals surface area contributed by atoms with Gasteiger partial charge in [0, 0.05) is 50.9 Å². The van der Waals surface area contributed by atoms with Crippen molar-refractivity contribution in [3.05, 3.63) is 35.4 Å². The molecule has 1 atom stereocenters. The minimum atomic E-state index is -0.965. The van der Waals surface area contributed by atoms with Gasteiger partial charge in [-0.3, -0.25) is 9.80 Å². The summed E-state index contributed by atoms with van der Waals surface area (Å²) in [7, 11) is 0. The Bertz CT molecular complexity index is 644. The number of piperazine rings is 1.